The number of para-hydroxylation sites is 1. The number of rotatable bonds is 4. The van der Waals surface area contributed by atoms with E-state index in [1.54, 1.807) is 19.1 Å². The van der Waals surface area contributed by atoms with Crippen molar-refractivity contribution in [1.29, 1.82) is 0 Å². The van der Waals surface area contributed by atoms with Crippen molar-refractivity contribution in [2.45, 2.75) is 38.1 Å². The van der Waals surface area contributed by atoms with Crippen molar-refractivity contribution >= 4 is 23.6 Å². The Balaban J connectivity index is 1.75. The number of benzene rings is 1. The fourth-order valence-corrected chi connectivity index (χ4v) is 5.18. The molecule has 142 valence electrons. The third kappa shape index (κ3) is 2.92. The largest absolute Gasteiger partial charge is 0.479 e. The van der Waals surface area contributed by atoms with E-state index in [0.29, 0.717) is 36.5 Å². The van der Waals surface area contributed by atoms with Crippen LogP contribution in [-0.4, -0.2) is 43.8 Å². The van der Waals surface area contributed by atoms with Crippen LogP contribution in [0, 0.1) is 12.7 Å². The topological polar surface area (TPSA) is 84.2 Å². The molecular formula is C19H20FN3O3S. The van der Waals surface area contributed by atoms with Gasteiger partial charge in [0.15, 0.2) is 5.69 Å². The highest BCUT2D eigenvalue weighted by molar-refractivity contribution is 7.99. The van der Waals surface area contributed by atoms with E-state index in [-0.39, 0.29) is 5.69 Å². The number of carbonyl (C=O) groups is 2. The molecule has 0 radical (unpaired) electrons. The average Bonchev–Trinajstić information content (AvgIpc) is 3.32. The summed E-state index contributed by atoms with van der Waals surface area (Å²) in [5.41, 5.74) is 1.65. The molecule has 6 nitrogen and oxygen atoms in total. The molecule has 1 atom stereocenters. The summed E-state index contributed by atoms with van der Waals surface area (Å²) in [6.07, 6.45) is 2.64. The van der Waals surface area contributed by atoms with Crippen molar-refractivity contribution in [1.82, 2.24) is 15.1 Å². The summed E-state index contributed by atoms with van der Waals surface area (Å²) < 4.78 is 16.0. The van der Waals surface area contributed by atoms with Gasteiger partial charge in [-0.1, -0.05) is 12.1 Å². The molecular weight excluding hydrogens is 369 g/mol. The molecule has 0 saturated carbocycles. The maximum atomic E-state index is 14.5. The molecule has 2 aliphatic rings. The highest BCUT2D eigenvalue weighted by Gasteiger charge is 2.44. The van der Waals surface area contributed by atoms with E-state index in [9.17, 15) is 19.1 Å². The molecule has 1 saturated heterocycles. The molecule has 1 aromatic heterocycles. The second kappa shape index (κ2) is 6.67. The minimum Gasteiger partial charge on any atom is -0.479 e. The Hall–Kier alpha value is -2.35. The van der Waals surface area contributed by atoms with Crippen molar-refractivity contribution < 1.29 is 19.1 Å². The Labute approximate surface area is 160 Å². The lowest BCUT2D eigenvalue weighted by atomic mass is 9.98. The molecule has 1 unspecified atom stereocenters. The summed E-state index contributed by atoms with van der Waals surface area (Å²) in [6, 6.07) is 4.82. The van der Waals surface area contributed by atoms with Gasteiger partial charge in [0.05, 0.1) is 0 Å². The first-order valence-corrected chi connectivity index (χ1v) is 10.1. The number of hydrogen-bond acceptors (Lipinski definition) is 4. The van der Waals surface area contributed by atoms with Crippen molar-refractivity contribution in [3.05, 3.63) is 46.5 Å². The Kier molecular flexibility index (Phi) is 4.46. The number of nitrogens with zero attached hydrogens (tertiary/aromatic N) is 2. The van der Waals surface area contributed by atoms with Gasteiger partial charge in [0.2, 0.25) is 0 Å². The van der Waals surface area contributed by atoms with Crippen molar-refractivity contribution in [2.75, 3.05) is 11.5 Å². The van der Waals surface area contributed by atoms with Crippen molar-refractivity contribution in [2.24, 2.45) is 0 Å². The second-order valence-corrected chi connectivity index (χ2v) is 8.19. The lowest BCUT2D eigenvalue weighted by Crippen LogP contribution is -2.55. The summed E-state index contributed by atoms with van der Waals surface area (Å²) in [4.78, 5) is 24.7. The third-order valence-corrected chi connectivity index (χ3v) is 6.52. The number of aryl methyl sites for hydroxylation is 1. The molecule has 0 spiro atoms. The lowest BCUT2D eigenvalue weighted by Gasteiger charge is -2.24. The Morgan fingerprint density at radius 1 is 1.37 bits per heavy atom. The second-order valence-electron chi connectivity index (χ2n) is 7.09. The summed E-state index contributed by atoms with van der Waals surface area (Å²) in [5, 5.41) is 16.7. The maximum absolute atomic E-state index is 14.5. The number of aromatic nitrogens is 2. The van der Waals surface area contributed by atoms with Gasteiger partial charge in [0, 0.05) is 17.0 Å². The van der Waals surface area contributed by atoms with Crippen LogP contribution in [0.1, 0.15) is 40.2 Å². The highest BCUT2D eigenvalue weighted by Crippen LogP contribution is 2.32. The van der Waals surface area contributed by atoms with Crippen molar-refractivity contribution in [3.63, 3.8) is 0 Å². The standard InChI is InChI=1S/C19H20FN3O3S/c1-11-4-2-6-13(20)16(11)23-14-7-3-5-12(14)15(22-23)17(24)21-19(18(25)26)8-9-27-10-19/h2,4,6H,3,5,7-10H2,1H3,(H,21,24)(H,25,26). The fourth-order valence-electron chi connectivity index (χ4n) is 3.86. The van der Waals surface area contributed by atoms with E-state index in [2.05, 4.69) is 10.4 Å². The SMILES string of the molecule is Cc1cccc(F)c1-n1nc(C(=O)NC2(C(=O)O)CCSC2)c2c1CCC2. The number of aliphatic carboxylic acids is 1. The number of carboxylic acid groups (broad SMARTS) is 1. The van der Waals surface area contributed by atoms with Crippen LogP contribution in [0.15, 0.2) is 18.2 Å². The monoisotopic (exact) mass is 389 g/mol. The summed E-state index contributed by atoms with van der Waals surface area (Å²) in [7, 11) is 0. The van der Waals surface area contributed by atoms with E-state index >= 15 is 0 Å². The molecule has 1 aliphatic carbocycles. The molecule has 1 fully saturated rings. The van der Waals surface area contributed by atoms with Crippen LogP contribution in [0.2, 0.25) is 0 Å². The number of thioether (sulfide) groups is 1. The number of carbonyl (C=O) groups excluding carboxylic acids is 1. The number of amides is 1. The van der Waals surface area contributed by atoms with E-state index in [1.165, 1.54) is 22.5 Å². The smallest absolute Gasteiger partial charge is 0.330 e. The van der Waals surface area contributed by atoms with E-state index < -0.39 is 23.2 Å². The van der Waals surface area contributed by atoms with Crippen LogP contribution in [0.25, 0.3) is 5.69 Å². The third-order valence-electron chi connectivity index (χ3n) is 5.33. The highest BCUT2D eigenvalue weighted by atomic mass is 32.2. The number of fused-ring (bicyclic) bond motifs is 1. The van der Waals surface area contributed by atoms with Crippen LogP contribution in [0.4, 0.5) is 4.39 Å². The Morgan fingerprint density at radius 3 is 2.85 bits per heavy atom. The molecule has 1 amide bonds. The summed E-state index contributed by atoms with van der Waals surface area (Å²) in [6.45, 7) is 1.80. The van der Waals surface area contributed by atoms with Gasteiger partial charge in [-0.05, 0) is 50.0 Å². The molecule has 0 bridgehead atoms. The maximum Gasteiger partial charge on any atom is 0.330 e. The van der Waals surface area contributed by atoms with Crippen LogP contribution in [0.5, 0.6) is 0 Å². The van der Waals surface area contributed by atoms with Gasteiger partial charge >= 0.3 is 5.97 Å². The van der Waals surface area contributed by atoms with Gasteiger partial charge in [0.1, 0.15) is 17.0 Å². The van der Waals surface area contributed by atoms with E-state index in [1.807, 2.05) is 0 Å². The molecule has 1 aromatic carbocycles. The normalized spacial score (nSPS) is 21.3. The first-order chi connectivity index (χ1) is 12.9. The predicted octanol–water partition coefficient (Wildman–Crippen LogP) is 2.50. The fraction of sp³-hybridized carbons (Fsp3) is 0.421. The minimum atomic E-state index is -1.26. The molecule has 2 N–H and O–H groups in total. The zero-order valence-corrected chi connectivity index (χ0v) is 15.7. The predicted molar refractivity (Wildman–Crippen MR) is 100 cm³/mol. The van der Waals surface area contributed by atoms with E-state index in [4.69, 9.17) is 0 Å². The van der Waals surface area contributed by atoms with Gasteiger partial charge in [-0.3, -0.25) is 4.79 Å². The van der Waals surface area contributed by atoms with Crippen LogP contribution in [-0.2, 0) is 17.6 Å². The van der Waals surface area contributed by atoms with Gasteiger partial charge in [-0.25, -0.2) is 13.9 Å². The molecule has 8 heteroatoms. The number of halogens is 1. The van der Waals surface area contributed by atoms with Gasteiger partial charge < -0.3 is 10.4 Å². The minimum absolute atomic E-state index is 0.211. The van der Waals surface area contributed by atoms with Crippen LogP contribution < -0.4 is 5.32 Å². The van der Waals surface area contributed by atoms with Crippen LogP contribution >= 0.6 is 11.8 Å². The molecule has 4 rings (SSSR count). The van der Waals surface area contributed by atoms with Gasteiger partial charge in [-0.15, -0.1) is 0 Å². The van der Waals surface area contributed by atoms with Crippen LogP contribution in [0.3, 0.4) is 0 Å². The average molecular weight is 389 g/mol. The molecule has 2 heterocycles. The van der Waals surface area contributed by atoms with E-state index in [0.717, 1.165) is 23.2 Å². The quantitative estimate of drug-likeness (QED) is 0.839. The number of carboxylic acids is 1. The van der Waals surface area contributed by atoms with Gasteiger partial charge in [0.25, 0.3) is 5.91 Å². The summed E-state index contributed by atoms with van der Waals surface area (Å²) in [5.74, 6) is -0.891. The Bertz CT molecular complexity index is 914. The molecule has 27 heavy (non-hydrogen) atoms. The first-order valence-electron chi connectivity index (χ1n) is 8.93. The molecule has 1 aliphatic heterocycles. The Morgan fingerprint density at radius 2 is 2.19 bits per heavy atom. The number of nitrogens with one attached hydrogen (secondary N) is 1. The zero-order valence-electron chi connectivity index (χ0n) is 14.9. The number of hydrogen-bond donors (Lipinski definition) is 2. The first kappa shape index (κ1) is 18.0. The molecule has 2 aromatic rings. The summed E-state index contributed by atoms with van der Waals surface area (Å²) >= 11 is 1.51. The zero-order chi connectivity index (χ0) is 19.2. The lowest BCUT2D eigenvalue weighted by molar-refractivity contribution is -0.143. The van der Waals surface area contributed by atoms with Crippen molar-refractivity contribution in [3.8, 4) is 5.69 Å². The van der Waals surface area contributed by atoms with Gasteiger partial charge in [-0.2, -0.15) is 16.9 Å².